The molecule has 0 amide bonds. The SMILES string of the molecule is COc1ccc2c(c1)CCC21CCCC(C[N+](=O)[O-])=N1. The highest BCUT2D eigenvalue weighted by Gasteiger charge is 2.40. The van der Waals surface area contributed by atoms with Gasteiger partial charge >= 0.3 is 0 Å². The molecule has 1 spiro atoms. The Labute approximate surface area is 117 Å². The Morgan fingerprint density at radius 1 is 1.40 bits per heavy atom. The second kappa shape index (κ2) is 4.89. The van der Waals surface area contributed by atoms with Gasteiger partial charge in [-0.2, -0.15) is 0 Å². The molecule has 0 saturated carbocycles. The number of hydrogen-bond donors (Lipinski definition) is 0. The predicted octanol–water partition coefficient (Wildman–Crippen LogP) is 2.74. The lowest BCUT2D eigenvalue weighted by Gasteiger charge is -2.30. The van der Waals surface area contributed by atoms with Gasteiger partial charge in [-0.1, -0.05) is 6.07 Å². The van der Waals surface area contributed by atoms with Crippen molar-refractivity contribution >= 4 is 5.71 Å². The average Bonchev–Trinajstić information content (AvgIpc) is 2.76. The van der Waals surface area contributed by atoms with Crippen molar-refractivity contribution in [2.24, 2.45) is 4.99 Å². The van der Waals surface area contributed by atoms with Crippen LogP contribution in [-0.2, 0) is 12.0 Å². The second-order valence-electron chi connectivity index (χ2n) is 5.58. The maximum Gasteiger partial charge on any atom is 0.241 e. The molecule has 1 aliphatic carbocycles. The number of fused-ring (bicyclic) bond motifs is 2. The minimum atomic E-state index is -0.276. The average molecular weight is 274 g/mol. The van der Waals surface area contributed by atoms with E-state index in [9.17, 15) is 10.1 Å². The number of benzene rings is 1. The summed E-state index contributed by atoms with van der Waals surface area (Å²) in [7, 11) is 1.67. The molecule has 2 aliphatic rings. The summed E-state index contributed by atoms with van der Waals surface area (Å²) in [5.41, 5.74) is 3.03. The number of rotatable bonds is 3. The van der Waals surface area contributed by atoms with E-state index < -0.39 is 0 Å². The van der Waals surface area contributed by atoms with Crippen LogP contribution < -0.4 is 4.74 Å². The maximum absolute atomic E-state index is 10.7. The highest BCUT2D eigenvalue weighted by Crippen LogP contribution is 2.46. The number of hydrogen-bond acceptors (Lipinski definition) is 4. The monoisotopic (exact) mass is 274 g/mol. The molecule has 0 fully saturated rings. The van der Waals surface area contributed by atoms with Crippen molar-refractivity contribution in [3.8, 4) is 5.75 Å². The van der Waals surface area contributed by atoms with Gasteiger partial charge in [0.1, 0.15) is 5.75 Å². The Bertz CT molecular complexity index is 582. The Balaban J connectivity index is 1.97. The fourth-order valence-corrected chi connectivity index (χ4v) is 3.47. The van der Waals surface area contributed by atoms with E-state index in [0.29, 0.717) is 0 Å². The lowest BCUT2D eigenvalue weighted by atomic mass is 9.84. The van der Waals surface area contributed by atoms with Crippen molar-refractivity contribution in [3.63, 3.8) is 0 Å². The van der Waals surface area contributed by atoms with Gasteiger partial charge in [-0.15, -0.1) is 0 Å². The van der Waals surface area contributed by atoms with Crippen LogP contribution in [-0.4, -0.2) is 24.3 Å². The molecule has 0 radical (unpaired) electrons. The number of methoxy groups -OCH3 is 1. The molecule has 1 aliphatic heterocycles. The zero-order valence-corrected chi connectivity index (χ0v) is 11.6. The molecular formula is C15H18N2O3. The molecule has 1 unspecified atom stereocenters. The Hall–Kier alpha value is -1.91. The third kappa shape index (κ3) is 2.17. The molecule has 1 atom stereocenters. The standard InChI is InChI=1S/C15H18N2O3/c1-20-13-4-5-14-11(9-13)6-8-15(14)7-2-3-12(16-15)10-17(18)19/h4-5,9H,2-3,6-8,10H2,1H3. The summed E-state index contributed by atoms with van der Waals surface area (Å²) in [6.07, 6.45) is 4.67. The van der Waals surface area contributed by atoms with Gasteiger partial charge in [0.2, 0.25) is 6.54 Å². The zero-order valence-electron chi connectivity index (χ0n) is 11.6. The smallest absolute Gasteiger partial charge is 0.241 e. The van der Waals surface area contributed by atoms with Gasteiger partial charge in [-0.3, -0.25) is 15.1 Å². The largest absolute Gasteiger partial charge is 0.497 e. The first-order valence-corrected chi connectivity index (χ1v) is 7.00. The highest BCUT2D eigenvalue weighted by atomic mass is 16.6. The summed E-state index contributed by atoms with van der Waals surface area (Å²) in [4.78, 5) is 15.2. The van der Waals surface area contributed by atoms with E-state index in [0.717, 1.165) is 43.6 Å². The summed E-state index contributed by atoms with van der Waals surface area (Å²) in [5.74, 6) is 0.867. The molecule has 0 N–H and O–H groups in total. The summed E-state index contributed by atoms with van der Waals surface area (Å²) in [5, 5.41) is 10.7. The third-order valence-electron chi connectivity index (χ3n) is 4.36. The molecule has 3 rings (SSSR count). The first-order valence-electron chi connectivity index (χ1n) is 7.00. The van der Waals surface area contributed by atoms with Crippen LogP contribution in [0.25, 0.3) is 0 Å². The molecular weight excluding hydrogens is 256 g/mol. The number of ether oxygens (including phenoxy) is 1. The predicted molar refractivity (Wildman–Crippen MR) is 76.1 cm³/mol. The van der Waals surface area contributed by atoms with E-state index in [1.54, 1.807) is 7.11 Å². The molecule has 1 aromatic carbocycles. The van der Waals surface area contributed by atoms with Gasteiger partial charge in [0.25, 0.3) is 0 Å². The van der Waals surface area contributed by atoms with Crippen molar-refractivity contribution in [3.05, 3.63) is 39.4 Å². The number of aryl methyl sites for hydroxylation is 1. The number of nitro groups is 1. The molecule has 5 nitrogen and oxygen atoms in total. The fraction of sp³-hybridized carbons (Fsp3) is 0.533. The lowest BCUT2D eigenvalue weighted by Crippen LogP contribution is -2.29. The van der Waals surface area contributed by atoms with E-state index in [4.69, 9.17) is 9.73 Å². The number of aliphatic imine (C=N–C) groups is 1. The molecule has 0 saturated heterocycles. The minimum Gasteiger partial charge on any atom is -0.497 e. The van der Waals surface area contributed by atoms with Crippen LogP contribution in [0.1, 0.15) is 36.8 Å². The van der Waals surface area contributed by atoms with Crippen LogP contribution in [0.3, 0.4) is 0 Å². The molecule has 5 heteroatoms. The van der Waals surface area contributed by atoms with Gasteiger partial charge in [-0.25, -0.2) is 0 Å². The van der Waals surface area contributed by atoms with E-state index in [2.05, 4.69) is 12.1 Å². The normalized spacial score (nSPS) is 24.4. The van der Waals surface area contributed by atoms with Crippen LogP contribution in [0, 0.1) is 10.1 Å². The minimum absolute atomic E-state index is 0.118. The van der Waals surface area contributed by atoms with Gasteiger partial charge in [0.05, 0.1) is 18.4 Å². The molecule has 106 valence electrons. The van der Waals surface area contributed by atoms with E-state index in [1.807, 2.05) is 6.07 Å². The third-order valence-corrected chi connectivity index (χ3v) is 4.36. The van der Waals surface area contributed by atoms with E-state index >= 15 is 0 Å². The van der Waals surface area contributed by atoms with Crippen molar-refractivity contribution < 1.29 is 9.66 Å². The van der Waals surface area contributed by atoms with Gasteiger partial charge in [0.15, 0.2) is 0 Å². The van der Waals surface area contributed by atoms with Crippen molar-refractivity contribution in [2.45, 2.75) is 37.6 Å². The first-order chi connectivity index (χ1) is 9.63. The van der Waals surface area contributed by atoms with Crippen molar-refractivity contribution in [1.29, 1.82) is 0 Å². The summed E-state index contributed by atoms with van der Waals surface area (Å²) in [6, 6.07) is 6.12. The van der Waals surface area contributed by atoms with Crippen LogP contribution in [0.4, 0.5) is 0 Å². The Morgan fingerprint density at radius 2 is 2.25 bits per heavy atom. The molecule has 0 aromatic heterocycles. The van der Waals surface area contributed by atoms with Gasteiger partial charge in [0, 0.05) is 4.92 Å². The van der Waals surface area contributed by atoms with Crippen LogP contribution in [0.2, 0.25) is 0 Å². The van der Waals surface area contributed by atoms with Crippen LogP contribution in [0.15, 0.2) is 23.2 Å². The van der Waals surface area contributed by atoms with Crippen molar-refractivity contribution in [1.82, 2.24) is 0 Å². The Morgan fingerprint density at radius 3 is 3.00 bits per heavy atom. The van der Waals surface area contributed by atoms with E-state index in [1.165, 1.54) is 11.1 Å². The second-order valence-corrected chi connectivity index (χ2v) is 5.58. The van der Waals surface area contributed by atoms with E-state index in [-0.39, 0.29) is 17.0 Å². The maximum atomic E-state index is 10.7. The quantitative estimate of drug-likeness (QED) is 0.628. The number of nitrogens with zero attached hydrogens (tertiary/aromatic N) is 2. The van der Waals surface area contributed by atoms with Crippen LogP contribution >= 0.6 is 0 Å². The Kier molecular flexibility index (Phi) is 3.20. The first kappa shape index (κ1) is 13.1. The summed E-state index contributed by atoms with van der Waals surface area (Å²) < 4.78 is 5.26. The van der Waals surface area contributed by atoms with Gasteiger partial charge in [-0.05, 0) is 55.4 Å². The highest BCUT2D eigenvalue weighted by molar-refractivity contribution is 5.86. The molecule has 1 heterocycles. The molecule has 1 aromatic rings. The van der Waals surface area contributed by atoms with Crippen molar-refractivity contribution in [2.75, 3.05) is 13.7 Å². The topological polar surface area (TPSA) is 64.7 Å². The summed E-state index contributed by atoms with van der Waals surface area (Å²) in [6.45, 7) is -0.118. The molecule has 0 bridgehead atoms. The van der Waals surface area contributed by atoms with Gasteiger partial charge < -0.3 is 4.74 Å². The molecule has 20 heavy (non-hydrogen) atoms. The van der Waals surface area contributed by atoms with Crippen LogP contribution in [0.5, 0.6) is 5.75 Å². The zero-order chi connectivity index (χ0) is 14.2. The lowest BCUT2D eigenvalue weighted by molar-refractivity contribution is -0.463. The summed E-state index contributed by atoms with van der Waals surface area (Å²) >= 11 is 0. The fourth-order valence-electron chi connectivity index (χ4n) is 3.47.